The molecule has 0 aromatic heterocycles. The van der Waals surface area contributed by atoms with Crippen molar-refractivity contribution in [2.45, 2.75) is 38.5 Å². The van der Waals surface area contributed by atoms with E-state index in [-0.39, 0.29) is 18.0 Å². The standard InChI is InChI=1S/C27H27N3O4/c1-4-17-8-5-10-19(14-17)28-25(31)18-9-6-11-20(15-18)30-26(32)29-22-16-27(30,2)34-24-21(22)12-7-13-23(24)33-3/h5-15,22H,4,16H2,1-3H3,(H,28,31)(H,29,32). The Balaban J connectivity index is 1.46. The summed E-state index contributed by atoms with van der Waals surface area (Å²) in [6.07, 6.45) is 1.44. The van der Waals surface area contributed by atoms with E-state index in [1.54, 1.807) is 36.3 Å². The zero-order valence-corrected chi connectivity index (χ0v) is 19.4. The quantitative estimate of drug-likeness (QED) is 0.546. The van der Waals surface area contributed by atoms with Gasteiger partial charge in [-0.1, -0.05) is 37.3 Å². The molecule has 2 heterocycles. The van der Waals surface area contributed by atoms with Crippen molar-refractivity contribution in [3.8, 4) is 11.5 Å². The Morgan fingerprint density at radius 2 is 1.97 bits per heavy atom. The largest absolute Gasteiger partial charge is 0.493 e. The van der Waals surface area contributed by atoms with Crippen molar-refractivity contribution in [2.75, 3.05) is 17.3 Å². The van der Waals surface area contributed by atoms with Crippen molar-refractivity contribution >= 4 is 23.3 Å². The van der Waals surface area contributed by atoms with Crippen molar-refractivity contribution in [1.82, 2.24) is 5.32 Å². The lowest BCUT2D eigenvalue weighted by Crippen LogP contribution is -2.65. The van der Waals surface area contributed by atoms with Gasteiger partial charge in [-0.15, -0.1) is 0 Å². The fourth-order valence-electron chi connectivity index (χ4n) is 4.77. The second kappa shape index (κ2) is 8.41. The van der Waals surface area contributed by atoms with E-state index >= 15 is 0 Å². The number of amides is 3. The van der Waals surface area contributed by atoms with Gasteiger partial charge in [0.05, 0.1) is 18.8 Å². The molecule has 0 saturated carbocycles. The molecule has 3 amide bonds. The highest BCUT2D eigenvalue weighted by Gasteiger charge is 2.50. The molecule has 3 aromatic carbocycles. The zero-order chi connectivity index (χ0) is 23.9. The average molecular weight is 458 g/mol. The van der Waals surface area contributed by atoms with Crippen LogP contribution in [-0.4, -0.2) is 24.8 Å². The Labute approximate surface area is 198 Å². The summed E-state index contributed by atoms with van der Waals surface area (Å²) in [7, 11) is 1.60. The van der Waals surface area contributed by atoms with E-state index in [0.717, 1.165) is 23.2 Å². The third-order valence-corrected chi connectivity index (χ3v) is 6.44. The number of carbonyl (C=O) groups excluding carboxylic acids is 2. The summed E-state index contributed by atoms with van der Waals surface area (Å²) in [6, 6.07) is 20.0. The minimum Gasteiger partial charge on any atom is -0.493 e. The van der Waals surface area contributed by atoms with E-state index in [1.165, 1.54) is 0 Å². The van der Waals surface area contributed by atoms with E-state index in [1.807, 2.05) is 49.4 Å². The molecule has 7 heteroatoms. The Morgan fingerprint density at radius 1 is 1.18 bits per heavy atom. The lowest BCUT2D eigenvalue weighted by atomic mass is 9.89. The second-order valence-electron chi connectivity index (χ2n) is 8.76. The highest BCUT2D eigenvalue weighted by molar-refractivity contribution is 6.05. The van der Waals surface area contributed by atoms with E-state index < -0.39 is 5.72 Å². The normalized spacial score (nSPS) is 20.6. The number of nitrogens with one attached hydrogen (secondary N) is 2. The van der Waals surface area contributed by atoms with Crippen molar-refractivity contribution in [3.05, 3.63) is 83.4 Å². The number of carbonyl (C=O) groups is 2. The number of aryl methyl sites for hydroxylation is 1. The van der Waals surface area contributed by atoms with E-state index in [4.69, 9.17) is 9.47 Å². The number of methoxy groups -OCH3 is 1. The number of ether oxygens (including phenoxy) is 2. The molecule has 2 N–H and O–H groups in total. The van der Waals surface area contributed by atoms with Crippen LogP contribution in [0.4, 0.5) is 16.2 Å². The Bertz CT molecular complexity index is 1270. The van der Waals surface area contributed by atoms with E-state index in [2.05, 4.69) is 17.6 Å². The van der Waals surface area contributed by atoms with Crippen LogP contribution in [-0.2, 0) is 6.42 Å². The van der Waals surface area contributed by atoms with Crippen LogP contribution in [0.1, 0.15) is 47.8 Å². The number of hydrogen-bond acceptors (Lipinski definition) is 4. The molecule has 1 saturated heterocycles. The number of fused-ring (bicyclic) bond motifs is 4. The highest BCUT2D eigenvalue weighted by atomic mass is 16.5. The first kappa shape index (κ1) is 21.8. The maximum absolute atomic E-state index is 13.2. The number of benzene rings is 3. The smallest absolute Gasteiger partial charge is 0.325 e. The topological polar surface area (TPSA) is 79.9 Å². The molecular weight excluding hydrogens is 430 g/mol. The van der Waals surface area contributed by atoms with Crippen LogP contribution in [0, 0.1) is 0 Å². The predicted octanol–water partition coefficient (Wildman–Crippen LogP) is 5.28. The summed E-state index contributed by atoms with van der Waals surface area (Å²) in [5.41, 5.74) is 2.86. The highest BCUT2D eigenvalue weighted by Crippen LogP contribution is 2.49. The van der Waals surface area contributed by atoms with Crippen molar-refractivity contribution in [3.63, 3.8) is 0 Å². The summed E-state index contributed by atoms with van der Waals surface area (Å²) in [6.45, 7) is 3.96. The van der Waals surface area contributed by atoms with Crippen molar-refractivity contribution in [1.29, 1.82) is 0 Å². The van der Waals surface area contributed by atoms with Gasteiger partial charge in [-0.2, -0.15) is 0 Å². The number of urea groups is 1. The first-order valence-corrected chi connectivity index (χ1v) is 11.4. The molecule has 0 radical (unpaired) electrons. The van der Waals surface area contributed by atoms with Crippen molar-refractivity contribution in [2.24, 2.45) is 0 Å². The number of hydrogen-bond donors (Lipinski definition) is 2. The number of anilines is 2. The molecule has 2 atom stereocenters. The molecule has 3 aromatic rings. The second-order valence-corrected chi connectivity index (χ2v) is 8.76. The fourth-order valence-corrected chi connectivity index (χ4v) is 4.77. The minimum atomic E-state index is -0.945. The molecule has 1 fully saturated rings. The Hall–Kier alpha value is -4.00. The van der Waals surface area contributed by atoms with Gasteiger partial charge in [-0.05, 0) is 55.3 Å². The zero-order valence-electron chi connectivity index (χ0n) is 19.4. The molecule has 0 aliphatic carbocycles. The molecule has 2 unspecified atom stereocenters. The van der Waals surface area contributed by atoms with Gasteiger partial charge in [0.25, 0.3) is 5.91 Å². The summed E-state index contributed by atoms with van der Waals surface area (Å²) < 4.78 is 11.9. The van der Waals surface area contributed by atoms with Crippen LogP contribution >= 0.6 is 0 Å². The van der Waals surface area contributed by atoms with E-state index in [0.29, 0.717) is 29.2 Å². The Morgan fingerprint density at radius 3 is 2.76 bits per heavy atom. The molecular formula is C27H27N3O4. The minimum absolute atomic E-state index is 0.190. The van der Waals surface area contributed by atoms with Gasteiger partial charge in [-0.25, -0.2) is 4.79 Å². The summed E-state index contributed by atoms with van der Waals surface area (Å²) in [4.78, 5) is 27.8. The van der Waals surface area contributed by atoms with Crippen molar-refractivity contribution < 1.29 is 19.1 Å². The lowest BCUT2D eigenvalue weighted by Gasteiger charge is -2.50. The first-order valence-electron chi connectivity index (χ1n) is 11.4. The maximum atomic E-state index is 13.2. The van der Waals surface area contributed by atoms with Crippen LogP contribution in [0.3, 0.4) is 0 Å². The van der Waals surface area contributed by atoms with Gasteiger partial charge in [0.1, 0.15) is 0 Å². The lowest BCUT2D eigenvalue weighted by molar-refractivity contribution is 0.0349. The van der Waals surface area contributed by atoms with Crippen LogP contribution in [0.2, 0.25) is 0 Å². The monoisotopic (exact) mass is 457 g/mol. The van der Waals surface area contributed by atoms with Gasteiger partial charge in [0.2, 0.25) is 0 Å². The summed E-state index contributed by atoms with van der Waals surface area (Å²) >= 11 is 0. The SMILES string of the molecule is CCc1cccc(NC(=O)c2cccc(N3C(=O)NC4CC3(C)Oc3c(OC)cccc34)c2)c1. The predicted molar refractivity (Wildman–Crippen MR) is 131 cm³/mol. The number of rotatable bonds is 5. The van der Waals surface area contributed by atoms with Crippen LogP contribution < -0.4 is 25.0 Å². The van der Waals surface area contributed by atoms with Crippen LogP contribution in [0.5, 0.6) is 11.5 Å². The molecule has 174 valence electrons. The maximum Gasteiger partial charge on any atom is 0.325 e. The number of para-hydroxylation sites is 1. The number of nitrogens with zero attached hydrogens (tertiary/aromatic N) is 1. The molecule has 5 rings (SSSR count). The van der Waals surface area contributed by atoms with Gasteiger partial charge in [-0.3, -0.25) is 9.69 Å². The molecule has 7 nitrogen and oxygen atoms in total. The van der Waals surface area contributed by atoms with E-state index in [9.17, 15) is 9.59 Å². The van der Waals surface area contributed by atoms with Crippen LogP contribution in [0.15, 0.2) is 66.7 Å². The fraction of sp³-hybridized carbons (Fsp3) is 0.259. The summed E-state index contributed by atoms with van der Waals surface area (Å²) in [5, 5.41) is 6.03. The van der Waals surface area contributed by atoms with Gasteiger partial charge in [0, 0.05) is 23.2 Å². The summed E-state index contributed by atoms with van der Waals surface area (Å²) in [5.74, 6) is 0.998. The third kappa shape index (κ3) is 3.73. The van der Waals surface area contributed by atoms with Gasteiger partial charge < -0.3 is 20.1 Å². The van der Waals surface area contributed by atoms with Gasteiger partial charge in [0.15, 0.2) is 17.2 Å². The van der Waals surface area contributed by atoms with Crippen LogP contribution in [0.25, 0.3) is 0 Å². The van der Waals surface area contributed by atoms with Gasteiger partial charge >= 0.3 is 6.03 Å². The molecule has 2 aliphatic rings. The average Bonchev–Trinajstić information content (AvgIpc) is 2.83. The molecule has 2 bridgehead atoms. The first-order chi connectivity index (χ1) is 16.4. The molecule has 0 spiro atoms. The molecule has 2 aliphatic heterocycles. The molecule has 34 heavy (non-hydrogen) atoms. The third-order valence-electron chi connectivity index (χ3n) is 6.44. The Kier molecular flexibility index (Phi) is 5.40.